The number of ketones is 1. The molecule has 0 radical (unpaired) electrons. The molecule has 0 N–H and O–H groups in total. The van der Waals surface area contributed by atoms with Gasteiger partial charge in [-0.25, -0.2) is 0 Å². The van der Waals surface area contributed by atoms with Crippen LogP contribution in [0, 0.1) is 12.8 Å². The summed E-state index contributed by atoms with van der Waals surface area (Å²) in [6.07, 6.45) is 1.75. The molecule has 1 aliphatic rings. The number of hydrogen-bond donors (Lipinski definition) is 0. The lowest BCUT2D eigenvalue weighted by molar-refractivity contribution is 0.0936. The van der Waals surface area contributed by atoms with E-state index >= 15 is 0 Å². The Morgan fingerprint density at radius 2 is 1.89 bits per heavy atom. The molecular formula is C17H16O. The van der Waals surface area contributed by atoms with Gasteiger partial charge in [0.15, 0.2) is 5.78 Å². The van der Waals surface area contributed by atoms with E-state index in [0.29, 0.717) is 5.78 Å². The molecule has 0 saturated heterocycles. The van der Waals surface area contributed by atoms with Gasteiger partial charge in [-0.05, 0) is 37.0 Å². The van der Waals surface area contributed by atoms with Crippen molar-refractivity contribution in [2.24, 2.45) is 5.92 Å². The third kappa shape index (κ3) is 1.97. The molecule has 0 amide bonds. The first-order valence-electron chi connectivity index (χ1n) is 6.42. The van der Waals surface area contributed by atoms with Gasteiger partial charge < -0.3 is 0 Å². The second kappa shape index (κ2) is 4.41. The Balaban J connectivity index is 1.85. The maximum Gasteiger partial charge on any atom is 0.166 e. The Bertz CT molecular complexity index is 584. The van der Waals surface area contributed by atoms with Crippen LogP contribution >= 0.6 is 0 Å². The molecule has 18 heavy (non-hydrogen) atoms. The fourth-order valence-electron chi connectivity index (χ4n) is 2.74. The SMILES string of the molecule is Cc1ccc2c(c1)C(=O)C(Cc1ccccc1)C2. The Hall–Kier alpha value is -1.89. The second-order valence-electron chi connectivity index (χ2n) is 5.12. The fraction of sp³-hybridized carbons (Fsp3) is 0.235. The van der Waals surface area contributed by atoms with Crippen molar-refractivity contribution in [1.29, 1.82) is 0 Å². The molecule has 0 heterocycles. The van der Waals surface area contributed by atoms with Gasteiger partial charge in [0.25, 0.3) is 0 Å². The van der Waals surface area contributed by atoms with Crippen molar-refractivity contribution in [2.75, 3.05) is 0 Å². The molecule has 0 spiro atoms. The smallest absolute Gasteiger partial charge is 0.166 e. The Morgan fingerprint density at radius 3 is 2.67 bits per heavy atom. The molecule has 1 atom stereocenters. The predicted octanol–water partition coefficient (Wildman–Crippen LogP) is 3.59. The van der Waals surface area contributed by atoms with E-state index < -0.39 is 0 Å². The summed E-state index contributed by atoms with van der Waals surface area (Å²) in [6.45, 7) is 2.04. The number of carbonyl (C=O) groups is 1. The van der Waals surface area contributed by atoms with Gasteiger partial charge >= 0.3 is 0 Å². The van der Waals surface area contributed by atoms with Crippen molar-refractivity contribution < 1.29 is 4.79 Å². The number of Topliss-reactive ketones (excluding diaryl/α,β-unsaturated/α-hetero) is 1. The molecule has 1 heteroatoms. The minimum absolute atomic E-state index is 0.129. The van der Waals surface area contributed by atoms with Gasteiger partial charge in [-0.3, -0.25) is 4.79 Å². The summed E-state index contributed by atoms with van der Waals surface area (Å²) in [5, 5.41) is 0. The van der Waals surface area contributed by atoms with Crippen LogP contribution in [0.1, 0.15) is 27.0 Å². The van der Waals surface area contributed by atoms with Crippen LogP contribution in [0.4, 0.5) is 0 Å². The van der Waals surface area contributed by atoms with E-state index in [1.54, 1.807) is 0 Å². The van der Waals surface area contributed by atoms with Crippen LogP contribution in [0.25, 0.3) is 0 Å². The summed E-state index contributed by atoms with van der Waals surface area (Å²) in [5.41, 5.74) is 4.57. The highest BCUT2D eigenvalue weighted by atomic mass is 16.1. The molecule has 2 aromatic carbocycles. The molecule has 0 aromatic heterocycles. The first-order valence-corrected chi connectivity index (χ1v) is 6.42. The Morgan fingerprint density at radius 1 is 1.11 bits per heavy atom. The zero-order chi connectivity index (χ0) is 12.5. The van der Waals surface area contributed by atoms with Gasteiger partial charge in [0.05, 0.1) is 0 Å². The van der Waals surface area contributed by atoms with Gasteiger partial charge in [-0.2, -0.15) is 0 Å². The molecule has 0 fully saturated rings. The zero-order valence-electron chi connectivity index (χ0n) is 10.5. The lowest BCUT2D eigenvalue weighted by Gasteiger charge is -2.07. The normalized spacial score (nSPS) is 17.8. The molecule has 90 valence electrons. The van der Waals surface area contributed by atoms with E-state index in [1.807, 2.05) is 31.2 Å². The molecule has 2 aromatic rings. The number of rotatable bonds is 2. The molecule has 1 aliphatic carbocycles. The lowest BCUT2D eigenvalue weighted by Crippen LogP contribution is -2.12. The summed E-state index contributed by atoms with van der Waals surface area (Å²) in [5.74, 6) is 0.446. The van der Waals surface area contributed by atoms with Crippen LogP contribution in [-0.2, 0) is 12.8 Å². The minimum atomic E-state index is 0.129. The zero-order valence-corrected chi connectivity index (χ0v) is 10.5. The van der Waals surface area contributed by atoms with Crippen molar-refractivity contribution in [1.82, 2.24) is 0 Å². The second-order valence-corrected chi connectivity index (χ2v) is 5.12. The number of aryl methyl sites for hydroxylation is 1. The molecule has 1 nitrogen and oxygen atoms in total. The number of hydrogen-bond acceptors (Lipinski definition) is 1. The van der Waals surface area contributed by atoms with Crippen LogP contribution in [0.2, 0.25) is 0 Å². The number of fused-ring (bicyclic) bond motifs is 1. The van der Waals surface area contributed by atoms with E-state index in [0.717, 1.165) is 18.4 Å². The van der Waals surface area contributed by atoms with Crippen molar-refractivity contribution in [3.8, 4) is 0 Å². The van der Waals surface area contributed by atoms with Crippen molar-refractivity contribution in [3.63, 3.8) is 0 Å². The minimum Gasteiger partial charge on any atom is -0.294 e. The number of benzene rings is 2. The summed E-state index contributed by atoms with van der Waals surface area (Å²) < 4.78 is 0. The number of carbonyl (C=O) groups excluding carboxylic acids is 1. The standard InChI is InChI=1S/C17H16O/c1-12-7-8-14-11-15(17(18)16(14)9-12)10-13-5-3-2-4-6-13/h2-9,15H,10-11H2,1H3. The predicted molar refractivity (Wildman–Crippen MR) is 72.8 cm³/mol. The summed E-state index contributed by atoms with van der Waals surface area (Å²) in [7, 11) is 0. The van der Waals surface area contributed by atoms with Gasteiger partial charge in [0.1, 0.15) is 0 Å². The van der Waals surface area contributed by atoms with Crippen LogP contribution in [0.5, 0.6) is 0 Å². The van der Waals surface area contributed by atoms with E-state index in [1.165, 1.54) is 16.7 Å². The van der Waals surface area contributed by atoms with E-state index in [2.05, 4.69) is 24.3 Å². The van der Waals surface area contributed by atoms with Crippen LogP contribution in [-0.4, -0.2) is 5.78 Å². The molecular weight excluding hydrogens is 220 g/mol. The summed E-state index contributed by atoms with van der Waals surface area (Å²) >= 11 is 0. The first kappa shape index (κ1) is 11.2. The van der Waals surface area contributed by atoms with Gasteiger partial charge in [-0.1, -0.05) is 48.0 Å². The highest BCUT2D eigenvalue weighted by Crippen LogP contribution is 2.29. The Kier molecular flexibility index (Phi) is 2.75. The van der Waals surface area contributed by atoms with Crippen LogP contribution < -0.4 is 0 Å². The maximum atomic E-state index is 12.4. The monoisotopic (exact) mass is 236 g/mol. The van der Waals surface area contributed by atoms with E-state index in [9.17, 15) is 4.79 Å². The van der Waals surface area contributed by atoms with Gasteiger partial charge in [-0.15, -0.1) is 0 Å². The lowest BCUT2D eigenvalue weighted by atomic mass is 9.96. The highest BCUT2D eigenvalue weighted by molar-refractivity contribution is 6.02. The average molecular weight is 236 g/mol. The topological polar surface area (TPSA) is 17.1 Å². The van der Waals surface area contributed by atoms with Crippen molar-refractivity contribution in [3.05, 3.63) is 70.8 Å². The highest BCUT2D eigenvalue weighted by Gasteiger charge is 2.30. The third-order valence-electron chi connectivity index (χ3n) is 3.69. The molecule has 0 aliphatic heterocycles. The van der Waals surface area contributed by atoms with Crippen LogP contribution in [0.3, 0.4) is 0 Å². The average Bonchev–Trinajstić information content (AvgIpc) is 2.68. The van der Waals surface area contributed by atoms with E-state index in [-0.39, 0.29) is 5.92 Å². The molecule has 1 unspecified atom stereocenters. The van der Waals surface area contributed by atoms with Crippen LogP contribution in [0.15, 0.2) is 48.5 Å². The van der Waals surface area contributed by atoms with Gasteiger partial charge in [0, 0.05) is 11.5 Å². The summed E-state index contributed by atoms with van der Waals surface area (Å²) in [4.78, 5) is 12.4. The Labute approximate surface area is 107 Å². The molecule has 3 rings (SSSR count). The fourth-order valence-corrected chi connectivity index (χ4v) is 2.74. The van der Waals surface area contributed by atoms with Crippen molar-refractivity contribution in [2.45, 2.75) is 19.8 Å². The first-order chi connectivity index (χ1) is 8.74. The quantitative estimate of drug-likeness (QED) is 0.778. The third-order valence-corrected chi connectivity index (χ3v) is 3.69. The van der Waals surface area contributed by atoms with Crippen molar-refractivity contribution >= 4 is 5.78 Å². The largest absolute Gasteiger partial charge is 0.294 e. The molecule has 0 bridgehead atoms. The summed E-state index contributed by atoms with van der Waals surface area (Å²) in [6, 6.07) is 16.5. The maximum absolute atomic E-state index is 12.4. The van der Waals surface area contributed by atoms with E-state index in [4.69, 9.17) is 0 Å². The molecule has 0 saturated carbocycles. The van der Waals surface area contributed by atoms with Gasteiger partial charge in [0.2, 0.25) is 0 Å².